The molecule has 16 heavy (non-hydrogen) atoms. The number of benzene rings is 1. The van der Waals surface area contributed by atoms with Crippen LogP contribution in [0.5, 0.6) is 5.75 Å². The van der Waals surface area contributed by atoms with Crippen molar-refractivity contribution < 1.29 is 4.74 Å². The lowest BCUT2D eigenvalue weighted by Gasteiger charge is -2.21. The van der Waals surface area contributed by atoms with Crippen LogP contribution >= 0.6 is 0 Å². The molecule has 0 amide bonds. The highest BCUT2D eigenvalue weighted by Crippen LogP contribution is 2.30. The summed E-state index contributed by atoms with van der Waals surface area (Å²) in [5.41, 5.74) is 4.11. The lowest BCUT2D eigenvalue weighted by atomic mass is 10.0. The number of hydrogen-bond donors (Lipinski definition) is 2. The number of nitrogens with two attached hydrogens (primary N) is 1. The molecule has 2 unspecified atom stereocenters. The third kappa shape index (κ3) is 2.26. The molecular formula is C13H18N2O. The fraction of sp³-hybridized carbons (Fsp3) is 0.385. The summed E-state index contributed by atoms with van der Waals surface area (Å²) in [6, 6.07) is 8.34. The van der Waals surface area contributed by atoms with E-state index < -0.39 is 0 Å². The third-order valence-electron chi connectivity index (χ3n) is 3.02. The fourth-order valence-electron chi connectivity index (χ4n) is 2.11. The van der Waals surface area contributed by atoms with Crippen molar-refractivity contribution in [2.24, 2.45) is 5.84 Å². The van der Waals surface area contributed by atoms with E-state index in [1.54, 1.807) is 0 Å². The Labute approximate surface area is 96.3 Å². The average Bonchev–Trinajstić information content (AvgIpc) is 2.73. The Balaban J connectivity index is 2.00. The van der Waals surface area contributed by atoms with Crippen LogP contribution in [-0.4, -0.2) is 12.1 Å². The van der Waals surface area contributed by atoms with E-state index in [9.17, 15) is 0 Å². The maximum absolute atomic E-state index is 5.88. The zero-order valence-electron chi connectivity index (χ0n) is 9.36. The Bertz CT molecular complexity index is 340. The third-order valence-corrected chi connectivity index (χ3v) is 3.02. The van der Waals surface area contributed by atoms with Crippen molar-refractivity contribution in [2.45, 2.75) is 31.4 Å². The van der Waals surface area contributed by atoms with E-state index in [1.807, 2.05) is 24.3 Å². The Morgan fingerprint density at radius 1 is 1.56 bits per heavy atom. The molecule has 0 bridgehead atoms. The fourth-order valence-corrected chi connectivity index (χ4v) is 2.11. The van der Waals surface area contributed by atoms with Crippen molar-refractivity contribution in [1.82, 2.24) is 5.43 Å². The minimum atomic E-state index is 0.141. The highest BCUT2D eigenvalue weighted by molar-refractivity contribution is 5.37. The van der Waals surface area contributed by atoms with Gasteiger partial charge < -0.3 is 4.74 Å². The van der Waals surface area contributed by atoms with Crippen LogP contribution in [0.2, 0.25) is 0 Å². The molecule has 1 aromatic rings. The molecular weight excluding hydrogens is 200 g/mol. The van der Waals surface area contributed by atoms with Gasteiger partial charge in [0.2, 0.25) is 0 Å². The molecule has 0 spiro atoms. The second-order valence-electron chi connectivity index (χ2n) is 4.11. The second kappa shape index (κ2) is 5.14. The van der Waals surface area contributed by atoms with Gasteiger partial charge in [0.05, 0.1) is 6.04 Å². The molecule has 3 nitrogen and oxygen atoms in total. The number of fused-ring (bicyclic) bond motifs is 1. The van der Waals surface area contributed by atoms with Crippen molar-refractivity contribution in [2.75, 3.05) is 0 Å². The first-order valence-corrected chi connectivity index (χ1v) is 5.66. The molecule has 1 aliphatic heterocycles. The van der Waals surface area contributed by atoms with E-state index in [1.165, 1.54) is 5.56 Å². The number of rotatable bonds is 5. The van der Waals surface area contributed by atoms with Crippen molar-refractivity contribution in [3.8, 4) is 5.75 Å². The summed E-state index contributed by atoms with van der Waals surface area (Å²) in [4.78, 5) is 0. The molecule has 3 N–H and O–H groups in total. The standard InChI is InChI=1S/C13H18N2O/c1-2-3-7-11(15-14)13-9-10-6-4-5-8-12(10)16-13/h2,4-6,8,11,13,15H,1,3,7,9,14H2. The van der Waals surface area contributed by atoms with Gasteiger partial charge in [0.15, 0.2) is 0 Å². The molecule has 2 atom stereocenters. The van der Waals surface area contributed by atoms with E-state index in [0.717, 1.165) is 25.0 Å². The predicted octanol–water partition coefficient (Wildman–Crippen LogP) is 1.79. The van der Waals surface area contributed by atoms with E-state index in [4.69, 9.17) is 10.6 Å². The van der Waals surface area contributed by atoms with Gasteiger partial charge in [0.1, 0.15) is 11.9 Å². The smallest absolute Gasteiger partial charge is 0.123 e. The van der Waals surface area contributed by atoms with Crippen LogP contribution < -0.4 is 16.0 Å². The lowest BCUT2D eigenvalue weighted by Crippen LogP contribution is -2.45. The van der Waals surface area contributed by atoms with Crippen LogP contribution in [0.4, 0.5) is 0 Å². The van der Waals surface area contributed by atoms with Crippen LogP contribution in [0.3, 0.4) is 0 Å². The van der Waals surface area contributed by atoms with Gasteiger partial charge in [0, 0.05) is 6.42 Å². The molecule has 2 rings (SSSR count). The van der Waals surface area contributed by atoms with Crippen LogP contribution in [0, 0.1) is 0 Å². The maximum atomic E-state index is 5.88. The molecule has 0 aromatic heterocycles. The van der Waals surface area contributed by atoms with Crippen LogP contribution in [-0.2, 0) is 6.42 Å². The average molecular weight is 218 g/mol. The molecule has 86 valence electrons. The highest BCUT2D eigenvalue weighted by atomic mass is 16.5. The molecule has 0 aliphatic carbocycles. The molecule has 0 saturated carbocycles. The van der Waals surface area contributed by atoms with Crippen molar-refractivity contribution in [1.29, 1.82) is 0 Å². The van der Waals surface area contributed by atoms with Gasteiger partial charge in [0.25, 0.3) is 0 Å². The summed E-state index contributed by atoms with van der Waals surface area (Å²) >= 11 is 0. The van der Waals surface area contributed by atoms with Gasteiger partial charge in [-0.1, -0.05) is 24.3 Å². The van der Waals surface area contributed by atoms with Crippen LogP contribution in [0.25, 0.3) is 0 Å². The predicted molar refractivity (Wildman–Crippen MR) is 65.1 cm³/mol. The number of ether oxygens (including phenoxy) is 1. The quantitative estimate of drug-likeness (QED) is 0.450. The van der Waals surface area contributed by atoms with E-state index >= 15 is 0 Å². The monoisotopic (exact) mass is 218 g/mol. The number of nitrogens with one attached hydrogen (secondary N) is 1. The Morgan fingerprint density at radius 3 is 3.06 bits per heavy atom. The summed E-state index contributed by atoms with van der Waals surface area (Å²) < 4.78 is 5.88. The zero-order valence-corrected chi connectivity index (χ0v) is 9.36. The Hall–Kier alpha value is -1.32. The summed E-state index contributed by atoms with van der Waals surface area (Å²) in [6.45, 7) is 3.72. The summed E-state index contributed by atoms with van der Waals surface area (Å²) in [5.74, 6) is 6.56. The molecule has 0 radical (unpaired) electrons. The molecule has 1 heterocycles. The first kappa shape index (κ1) is 11.2. The summed E-state index contributed by atoms with van der Waals surface area (Å²) in [6.07, 6.45) is 4.89. The first-order valence-electron chi connectivity index (χ1n) is 5.66. The minimum Gasteiger partial charge on any atom is -0.488 e. The largest absolute Gasteiger partial charge is 0.488 e. The molecule has 0 fully saturated rings. The number of para-hydroxylation sites is 1. The SMILES string of the molecule is C=CCCC(NN)C1Cc2ccccc2O1. The van der Waals surface area contributed by atoms with Crippen LogP contribution in [0.15, 0.2) is 36.9 Å². The molecule has 3 heteroatoms. The molecule has 1 aliphatic rings. The van der Waals surface area contributed by atoms with Crippen molar-refractivity contribution >= 4 is 0 Å². The van der Waals surface area contributed by atoms with Crippen molar-refractivity contribution in [3.63, 3.8) is 0 Å². The van der Waals surface area contributed by atoms with Gasteiger partial charge >= 0.3 is 0 Å². The Kier molecular flexibility index (Phi) is 3.59. The van der Waals surface area contributed by atoms with Gasteiger partial charge in [-0.05, 0) is 24.5 Å². The molecule has 0 saturated heterocycles. The highest BCUT2D eigenvalue weighted by Gasteiger charge is 2.28. The number of allylic oxidation sites excluding steroid dienone is 1. The van der Waals surface area contributed by atoms with Crippen molar-refractivity contribution in [3.05, 3.63) is 42.5 Å². The van der Waals surface area contributed by atoms with Crippen LogP contribution in [0.1, 0.15) is 18.4 Å². The summed E-state index contributed by atoms with van der Waals surface area (Å²) in [5, 5.41) is 0. The Morgan fingerprint density at radius 2 is 2.38 bits per heavy atom. The second-order valence-corrected chi connectivity index (χ2v) is 4.11. The zero-order chi connectivity index (χ0) is 11.4. The van der Waals surface area contributed by atoms with E-state index in [0.29, 0.717) is 0 Å². The van der Waals surface area contributed by atoms with Gasteiger partial charge in [-0.25, -0.2) is 0 Å². The minimum absolute atomic E-state index is 0.141. The normalized spacial score (nSPS) is 19.9. The number of hydrazine groups is 1. The first-order chi connectivity index (χ1) is 7.85. The topological polar surface area (TPSA) is 47.3 Å². The van der Waals surface area contributed by atoms with Gasteiger partial charge in [-0.2, -0.15) is 0 Å². The van der Waals surface area contributed by atoms with E-state index in [2.05, 4.69) is 18.1 Å². The van der Waals surface area contributed by atoms with Gasteiger partial charge in [-0.3, -0.25) is 11.3 Å². The molecule has 1 aromatic carbocycles. The maximum Gasteiger partial charge on any atom is 0.123 e. The summed E-state index contributed by atoms with van der Waals surface area (Å²) in [7, 11) is 0. The number of hydrogen-bond acceptors (Lipinski definition) is 3. The lowest BCUT2D eigenvalue weighted by molar-refractivity contribution is 0.173. The van der Waals surface area contributed by atoms with E-state index in [-0.39, 0.29) is 12.1 Å². The van der Waals surface area contributed by atoms with Gasteiger partial charge in [-0.15, -0.1) is 6.58 Å².